The Balaban J connectivity index is -0.000000466. The Morgan fingerprint density at radius 1 is 0.304 bits per heavy atom. The van der Waals surface area contributed by atoms with E-state index in [0.717, 1.165) is 64.2 Å². The molecule has 56 heavy (non-hydrogen) atoms. The quantitative estimate of drug-likeness (QED) is 0.0464. The van der Waals surface area contributed by atoms with E-state index in [1.165, 1.54) is 128 Å². The van der Waals surface area contributed by atoms with Gasteiger partial charge in [-0.25, -0.2) is 0 Å². The molecular formula is C44H76Mg2O10. The van der Waals surface area contributed by atoms with Crippen molar-refractivity contribution in [1.82, 2.24) is 0 Å². The predicted octanol–water partition coefficient (Wildman–Crippen LogP) is 5.31. The molecular weight excluding hydrogens is 737 g/mol. The number of carbonyl (C=O) groups is 4. The van der Waals surface area contributed by atoms with Gasteiger partial charge in [0.15, 0.2) is 0 Å². The van der Waals surface area contributed by atoms with E-state index in [4.69, 9.17) is 10.2 Å². The van der Waals surface area contributed by atoms with Crippen molar-refractivity contribution in [1.29, 1.82) is 0 Å². The minimum absolute atomic E-state index is 0. The Morgan fingerprint density at radius 3 is 0.607 bits per heavy atom. The fourth-order valence-corrected chi connectivity index (χ4v) is 6.56. The van der Waals surface area contributed by atoms with Gasteiger partial charge < -0.3 is 49.8 Å². The molecule has 0 amide bonds. The van der Waals surface area contributed by atoms with Crippen LogP contribution < -0.4 is 20.4 Å². The molecule has 0 bridgehead atoms. The van der Waals surface area contributed by atoms with Crippen LogP contribution in [0.15, 0.2) is 23.3 Å². The molecule has 0 fully saturated rings. The van der Waals surface area contributed by atoms with Crippen molar-refractivity contribution >= 4 is 70.0 Å². The van der Waals surface area contributed by atoms with Crippen LogP contribution in [0.5, 0.6) is 0 Å². The van der Waals surface area contributed by atoms with E-state index in [1.54, 1.807) is 0 Å². The fraction of sp³-hybridized carbons (Fsp3) is 0.818. The molecule has 0 aromatic carbocycles. The van der Waals surface area contributed by atoms with Crippen LogP contribution in [0, 0.1) is 0 Å². The number of carboxylic acids is 4. The van der Waals surface area contributed by atoms with Crippen LogP contribution in [0.25, 0.3) is 0 Å². The van der Waals surface area contributed by atoms with Crippen molar-refractivity contribution in [3.63, 3.8) is 0 Å². The molecule has 0 saturated carbocycles. The van der Waals surface area contributed by atoms with Gasteiger partial charge in [0.25, 0.3) is 0 Å². The molecule has 2 N–H and O–H groups in total. The number of carboxylic acid groups (broad SMARTS) is 4. The summed E-state index contributed by atoms with van der Waals surface area (Å²) in [5.41, 5.74) is -0.361. The van der Waals surface area contributed by atoms with E-state index < -0.39 is 23.9 Å². The van der Waals surface area contributed by atoms with Crippen LogP contribution in [0.1, 0.15) is 218 Å². The summed E-state index contributed by atoms with van der Waals surface area (Å²) in [6.45, 7) is 0.650. The van der Waals surface area contributed by atoms with Gasteiger partial charge in [0.05, 0.1) is 23.9 Å². The maximum Gasteiger partial charge on any atom is 2.00 e. The van der Waals surface area contributed by atoms with Crippen molar-refractivity contribution in [3.8, 4) is 0 Å². The van der Waals surface area contributed by atoms with Crippen molar-refractivity contribution < 1.29 is 49.8 Å². The predicted molar refractivity (Wildman–Crippen MR) is 219 cm³/mol. The molecule has 316 valence electrons. The molecule has 0 rings (SSSR count). The Labute approximate surface area is 372 Å². The van der Waals surface area contributed by atoms with Crippen molar-refractivity contribution in [2.45, 2.75) is 218 Å². The van der Waals surface area contributed by atoms with Crippen LogP contribution >= 0.6 is 0 Å². The maximum atomic E-state index is 10.8. The second kappa shape index (κ2) is 50.0. The number of unbranched alkanes of at least 4 members (excludes halogenated alkanes) is 30. The first-order chi connectivity index (χ1) is 26.1. The second-order valence-corrected chi connectivity index (χ2v) is 14.8. The fourth-order valence-electron chi connectivity index (χ4n) is 6.56. The Morgan fingerprint density at radius 2 is 0.464 bits per heavy atom. The number of hydrogen-bond acceptors (Lipinski definition) is 10. The van der Waals surface area contributed by atoms with Crippen molar-refractivity contribution in [2.24, 2.45) is 0 Å². The summed E-state index contributed by atoms with van der Waals surface area (Å²) in [5, 5.41) is 59.7. The first-order valence-corrected chi connectivity index (χ1v) is 21.6. The monoisotopic (exact) mass is 813 g/mol. The molecule has 0 aliphatic carbocycles. The molecule has 12 heteroatoms. The van der Waals surface area contributed by atoms with Gasteiger partial charge in [-0.05, 0) is 61.8 Å². The number of carbonyl (C=O) groups excluding carboxylic acids is 4. The second-order valence-electron chi connectivity index (χ2n) is 14.8. The number of aliphatic hydroxyl groups is 2. The number of aliphatic carboxylic acids is 4. The number of aliphatic hydroxyl groups excluding tert-OH is 2. The molecule has 0 aromatic heterocycles. The normalized spacial score (nSPS) is 11.2. The van der Waals surface area contributed by atoms with E-state index in [2.05, 4.69) is 0 Å². The van der Waals surface area contributed by atoms with Crippen molar-refractivity contribution in [2.75, 3.05) is 13.2 Å². The number of hydrogen-bond donors (Lipinski definition) is 2. The molecule has 10 nitrogen and oxygen atoms in total. The van der Waals surface area contributed by atoms with E-state index in [-0.39, 0.29) is 70.1 Å². The topological polar surface area (TPSA) is 201 Å². The SMILES string of the molecule is O=C([O-])/C=C(/CCCCCCCCCCCCCCCCCCO)C(=O)[O-].O=C([O-])/C=C(/CCCCCCCCCCCCCCCCCCO)C(=O)[O-].[Mg+2].[Mg+2]. The van der Waals surface area contributed by atoms with Gasteiger partial charge in [-0.2, -0.15) is 0 Å². The van der Waals surface area contributed by atoms with Gasteiger partial charge in [-0.15, -0.1) is 0 Å². The zero-order chi connectivity index (χ0) is 40.3. The summed E-state index contributed by atoms with van der Waals surface area (Å²) >= 11 is 0. The minimum Gasteiger partial charge on any atom is -0.545 e. The zero-order valence-corrected chi connectivity index (χ0v) is 38.0. The first-order valence-electron chi connectivity index (χ1n) is 21.6. The van der Waals surface area contributed by atoms with E-state index in [1.807, 2.05) is 0 Å². The molecule has 0 aromatic rings. The maximum absolute atomic E-state index is 10.8. The summed E-state index contributed by atoms with van der Waals surface area (Å²) < 4.78 is 0. The summed E-state index contributed by atoms with van der Waals surface area (Å²) in [7, 11) is 0. The zero-order valence-electron chi connectivity index (χ0n) is 35.2. The van der Waals surface area contributed by atoms with Crippen LogP contribution in [-0.2, 0) is 19.2 Å². The Hall–Kier alpha value is -1.19. The third kappa shape index (κ3) is 50.8. The minimum atomic E-state index is -1.48. The molecule has 0 heterocycles. The average Bonchev–Trinajstić information content (AvgIpc) is 3.13. The van der Waals surface area contributed by atoms with Crippen LogP contribution in [0.2, 0.25) is 0 Å². The molecule has 0 spiro atoms. The Bertz CT molecular complexity index is 895. The smallest absolute Gasteiger partial charge is 0.545 e. The first kappa shape index (κ1) is 61.5. The van der Waals surface area contributed by atoms with Gasteiger partial charge in [-0.3, -0.25) is 0 Å². The summed E-state index contributed by atoms with van der Waals surface area (Å²) in [6.07, 6.45) is 39.4. The molecule has 0 radical (unpaired) electrons. The third-order valence-electron chi connectivity index (χ3n) is 9.82. The van der Waals surface area contributed by atoms with E-state index in [9.17, 15) is 39.6 Å². The van der Waals surface area contributed by atoms with Gasteiger partial charge in [0.2, 0.25) is 0 Å². The van der Waals surface area contributed by atoms with Crippen molar-refractivity contribution in [3.05, 3.63) is 23.3 Å². The largest absolute Gasteiger partial charge is 2.00 e. The van der Waals surface area contributed by atoms with E-state index >= 15 is 0 Å². The molecule has 0 atom stereocenters. The summed E-state index contributed by atoms with van der Waals surface area (Å²) in [6, 6.07) is 0. The third-order valence-corrected chi connectivity index (χ3v) is 9.82. The van der Waals surface area contributed by atoms with E-state index in [0.29, 0.717) is 38.2 Å². The standard InChI is InChI=1S/2C22H40O5.2Mg/c2*23-18-16-14-12-10-8-6-4-2-1-3-5-7-9-11-13-15-17-20(22(26)27)19-21(24)25;;/h2*19,23H,1-18H2,(H,24,25)(H,26,27);;/q;;2*+2/p-4/b2*20-19-;;. The van der Waals surface area contributed by atoms with Crippen LogP contribution in [-0.4, -0.2) is 93.4 Å². The number of rotatable bonds is 40. The van der Waals surface area contributed by atoms with Crippen LogP contribution in [0.3, 0.4) is 0 Å². The average molecular weight is 814 g/mol. The Kier molecular flexibility index (Phi) is 54.8. The molecule has 0 saturated heterocycles. The molecule has 0 aliphatic rings. The van der Waals surface area contributed by atoms with Crippen LogP contribution in [0.4, 0.5) is 0 Å². The summed E-state index contributed by atoms with van der Waals surface area (Å²) in [4.78, 5) is 42.3. The van der Waals surface area contributed by atoms with Gasteiger partial charge in [0.1, 0.15) is 0 Å². The van der Waals surface area contributed by atoms with Gasteiger partial charge in [-0.1, -0.05) is 180 Å². The van der Waals surface area contributed by atoms with Gasteiger partial charge >= 0.3 is 46.1 Å². The molecule has 0 aliphatic heterocycles. The molecule has 0 unspecified atom stereocenters. The summed E-state index contributed by atoms with van der Waals surface area (Å²) in [5.74, 6) is -5.79. The van der Waals surface area contributed by atoms with Gasteiger partial charge in [0, 0.05) is 13.2 Å².